The number of hydrogen-bond donors (Lipinski definition) is 0. The molecule has 0 rings (SSSR count). The lowest BCUT2D eigenvalue weighted by molar-refractivity contribution is -0.303. The second kappa shape index (κ2) is 6.34. The van der Waals surface area contributed by atoms with Gasteiger partial charge in [0.25, 0.3) is 0 Å². The molecular formula is C12H30O5Si2. The fourth-order valence-corrected chi connectivity index (χ4v) is 6.99. The summed E-state index contributed by atoms with van der Waals surface area (Å²) >= 11 is 0. The molecule has 0 saturated carbocycles. The number of rotatable bonds is 6. The van der Waals surface area contributed by atoms with Crippen molar-refractivity contribution in [3.05, 3.63) is 0 Å². The highest BCUT2D eigenvalue weighted by molar-refractivity contribution is 6.78. The lowest BCUT2D eigenvalue weighted by Gasteiger charge is -2.34. The van der Waals surface area contributed by atoms with Crippen molar-refractivity contribution < 1.29 is 23.0 Å². The molecule has 0 amide bonds. The van der Waals surface area contributed by atoms with Crippen LogP contribution in [0.1, 0.15) is 41.5 Å². The van der Waals surface area contributed by atoms with Crippen LogP contribution >= 0.6 is 0 Å². The molecule has 19 heavy (non-hydrogen) atoms. The average molecular weight is 311 g/mol. The van der Waals surface area contributed by atoms with Crippen LogP contribution < -0.4 is 0 Å². The lowest BCUT2D eigenvalue weighted by Crippen LogP contribution is -2.50. The topological polar surface area (TPSA) is 46.2 Å². The van der Waals surface area contributed by atoms with Gasteiger partial charge in [0.1, 0.15) is 0 Å². The molecule has 0 unspecified atom stereocenters. The maximum atomic E-state index is 6.00. The fourth-order valence-electron chi connectivity index (χ4n) is 1.08. The molecule has 0 spiro atoms. The Kier molecular flexibility index (Phi) is 6.41. The largest absolute Gasteiger partial charge is 0.412 e. The summed E-state index contributed by atoms with van der Waals surface area (Å²) in [5, 5.41) is 0. The Hall–Kier alpha value is 0.234. The first kappa shape index (κ1) is 19.2. The monoisotopic (exact) mass is 310 g/mol. The predicted octanol–water partition coefficient (Wildman–Crippen LogP) is 3.90. The molecule has 0 aliphatic rings. The van der Waals surface area contributed by atoms with Crippen LogP contribution in [0, 0.1) is 0 Å². The molecule has 0 aromatic carbocycles. The van der Waals surface area contributed by atoms with E-state index in [0.717, 1.165) is 0 Å². The molecule has 116 valence electrons. The van der Waals surface area contributed by atoms with Crippen LogP contribution in [0.25, 0.3) is 0 Å². The lowest BCUT2D eigenvalue weighted by atomic mass is 10.2. The third kappa shape index (κ3) is 11.7. The minimum atomic E-state index is -2.41. The minimum Gasteiger partial charge on any atom is -0.412 e. The maximum absolute atomic E-state index is 6.00. The third-order valence-corrected chi connectivity index (χ3v) is 6.38. The van der Waals surface area contributed by atoms with Gasteiger partial charge >= 0.3 is 17.1 Å². The standard InChI is InChI=1S/C12H30O5Si2/c1-11(2,3)13-15-18(7,8)17-19(9,10)16-14-12(4,5)6/h1-10H3. The van der Waals surface area contributed by atoms with Crippen molar-refractivity contribution in [3.63, 3.8) is 0 Å². The predicted molar refractivity (Wildman–Crippen MR) is 79.9 cm³/mol. The van der Waals surface area contributed by atoms with Crippen molar-refractivity contribution >= 4 is 17.1 Å². The summed E-state index contributed by atoms with van der Waals surface area (Å²) in [6, 6.07) is 0. The first-order valence-corrected chi connectivity index (χ1v) is 12.2. The molecule has 5 nitrogen and oxygen atoms in total. The van der Waals surface area contributed by atoms with E-state index in [-0.39, 0.29) is 11.2 Å². The Morgan fingerprint density at radius 3 is 1.05 bits per heavy atom. The summed E-state index contributed by atoms with van der Waals surface area (Å²) in [4.78, 5) is 10.7. The van der Waals surface area contributed by atoms with Gasteiger partial charge in [-0.25, -0.2) is 9.78 Å². The quantitative estimate of drug-likeness (QED) is 0.423. The Balaban J connectivity index is 4.37. The number of hydrogen-bond acceptors (Lipinski definition) is 5. The summed E-state index contributed by atoms with van der Waals surface area (Å²) in [6.07, 6.45) is 0. The van der Waals surface area contributed by atoms with Gasteiger partial charge in [-0.3, -0.25) is 9.15 Å². The SMILES string of the molecule is CC(C)(C)OO[Si](C)(C)O[Si](C)(C)OOC(C)(C)C. The van der Waals surface area contributed by atoms with Crippen molar-refractivity contribution in [2.24, 2.45) is 0 Å². The summed E-state index contributed by atoms with van der Waals surface area (Å²) in [5.74, 6) is 0. The van der Waals surface area contributed by atoms with Crippen LogP contribution in [0.15, 0.2) is 0 Å². The molecule has 0 aromatic rings. The van der Waals surface area contributed by atoms with Crippen molar-refractivity contribution in [2.45, 2.75) is 78.9 Å². The van der Waals surface area contributed by atoms with Crippen molar-refractivity contribution in [1.29, 1.82) is 0 Å². The van der Waals surface area contributed by atoms with Gasteiger partial charge < -0.3 is 4.12 Å². The van der Waals surface area contributed by atoms with E-state index in [0.29, 0.717) is 0 Å². The van der Waals surface area contributed by atoms with Crippen molar-refractivity contribution in [2.75, 3.05) is 0 Å². The molecule has 0 fully saturated rings. The van der Waals surface area contributed by atoms with Crippen LogP contribution in [0.2, 0.25) is 26.2 Å². The third-order valence-electron chi connectivity index (χ3n) is 1.48. The Labute approximate surface area is 119 Å². The van der Waals surface area contributed by atoms with Crippen molar-refractivity contribution in [1.82, 2.24) is 0 Å². The van der Waals surface area contributed by atoms with E-state index in [2.05, 4.69) is 0 Å². The summed E-state index contributed by atoms with van der Waals surface area (Å²) < 4.78 is 17.0. The van der Waals surface area contributed by atoms with Gasteiger partial charge in [-0.1, -0.05) is 0 Å². The highest BCUT2D eigenvalue weighted by Crippen LogP contribution is 2.21. The molecule has 0 aliphatic carbocycles. The molecule has 0 aromatic heterocycles. The zero-order valence-electron chi connectivity index (χ0n) is 14.0. The fraction of sp³-hybridized carbons (Fsp3) is 1.00. The second-order valence-electron chi connectivity index (χ2n) is 7.46. The van der Waals surface area contributed by atoms with E-state index >= 15 is 0 Å². The first-order chi connectivity index (χ1) is 8.12. The van der Waals surface area contributed by atoms with Gasteiger partial charge in [0.05, 0.1) is 11.2 Å². The van der Waals surface area contributed by atoms with Crippen molar-refractivity contribution in [3.8, 4) is 0 Å². The Morgan fingerprint density at radius 2 is 0.842 bits per heavy atom. The Bertz CT molecular complexity index is 251. The van der Waals surface area contributed by atoms with Crippen LogP contribution in [-0.4, -0.2) is 28.3 Å². The van der Waals surface area contributed by atoms with E-state index in [1.807, 2.05) is 67.7 Å². The van der Waals surface area contributed by atoms with Crippen LogP contribution in [0.5, 0.6) is 0 Å². The van der Waals surface area contributed by atoms with Crippen LogP contribution in [0.4, 0.5) is 0 Å². The summed E-state index contributed by atoms with van der Waals surface area (Å²) in [6.45, 7) is 19.3. The van der Waals surface area contributed by atoms with Gasteiger partial charge in [-0.2, -0.15) is 0 Å². The highest BCUT2D eigenvalue weighted by Gasteiger charge is 2.40. The molecule has 0 atom stereocenters. The van der Waals surface area contributed by atoms with Gasteiger partial charge in [-0.05, 0) is 67.7 Å². The molecule has 0 radical (unpaired) electrons. The Morgan fingerprint density at radius 1 is 0.579 bits per heavy atom. The van der Waals surface area contributed by atoms with Crippen LogP contribution in [0.3, 0.4) is 0 Å². The minimum absolute atomic E-state index is 0.359. The first-order valence-electron chi connectivity index (χ1n) is 6.56. The van der Waals surface area contributed by atoms with Gasteiger partial charge in [-0.15, -0.1) is 0 Å². The van der Waals surface area contributed by atoms with Gasteiger partial charge in [0.2, 0.25) is 0 Å². The maximum Gasteiger partial charge on any atom is 0.360 e. The van der Waals surface area contributed by atoms with E-state index in [4.69, 9.17) is 23.0 Å². The highest BCUT2D eigenvalue weighted by atomic mass is 28.5. The van der Waals surface area contributed by atoms with E-state index in [9.17, 15) is 0 Å². The van der Waals surface area contributed by atoms with Crippen LogP contribution in [-0.2, 0) is 23.0 Å². The van der Waals surface area contributed by atoms with E-state index in [1.165, 1.54) is 0 Å². The molecule has 7 heteroatoms. The van der Waals surface area contributed by atoms with E-state index in [1.54, 1.807) is 0 Å². The zero-order chi connectivity index (χ0) is 15.5. The molecule has 0 aliphatic heterocycles. The van der Waals surface area contributed by atoms with Gasteiger partial charge in [0.15, 0.2) is 0 Å². The summed E-state index contributed by atoms with van der Waals surface area (Å²) in [5.41, 5.74) is -0.718. The normalized spacial score (nSPS) is 14.8. The molecule has 0 N–H and O–H groups in total. The smallest absolute Gasteiger partial charge is 0.360 e. The average Bonchev–Trinajstić information content (AvgIpc) is 2.09. The van der Waals surface area contributed by atoms with E-state index < -0.39 is 17.1 Å². The molecule has 0 heterocycles. The molecular weight excluding hydrogens is 280 g/mol. The molecule has 0 saturated heterocycles. The molecule has 0 bridgehead atoms. The summed E-state index contributed by atoms with van der Waals surface area (Å²) in [7, 11) is -4.82. The second-order valence-corrected chi connectivity index (χ2v) is 14.2. The zero-order valence-corrected chi connectivity index (χ0v) is 16.0. The van der Waals surface area contributed by atoms with Gasteiger partial charge in [0, 0.05) is 0 Å².